The lowest BCUT2D eigenvalue weighted by Crippen LogP contribution is -2.32. The summed E-state index contributed by atoms with van der Waals surface area (Å²) in [7, 11) is 0. The third-order valence-corrected chi connectivity index (χ3v) is 5.35. The average molecular weight is 372 g/mol. The number of hydrogen-bond acceptors (Lipinski definition) is 4. The molecule has 0 spiro atoms. The molecule has 1 aliphatic rings. The minimum Gasteiger partial charge on any atom is -0.469 e. The van der Waals surface area contributed by atoms with Crippen LogP contribution in [0.2, 0.25) is 0 Å². The van der Waals surface area contributed by atoms with Gasteiger partial charge in [0.05, 0.1) is 36.3 Å². The van der Waals surface area contributed by atoms with Gasteiger partial charge in [-0.2, -0.15) is 0 Å². The van der Waals surface area contributed by atoms with Crippen molar-refractivity contribution >= 4 is 11.4 Å². The van der Waals surface area contributed by atoms with Gasteiger partial charge in [-0.15, -0.1) is 0 Å². The maximum Gasteiger partial charge on any atom is 0.230 e. The van der Waals surface area contributed by atoms with Crippen molar-refractivity contribution in [3.63, 3.8) is 0 Å². The van der Waals surface area contributed by atoms with Crippen LogP contribution >= 0.6 is 0 Å². The van der Waals surface area contributed by atoms with Crippen LogP contribution in [0.25, 0.3) is 16.6 Å². The number of nitrogens with zero attached hydrogens (tertiary/aromatic N) is 4. The van der Waals surface area contributed by atoms with Crippen LogP contribution in [-0.2, 0) is 11.2 Å². The number of furan rings is 1. The molecule has 28 heavy (non-hydrogen) atoms. The smallest absolute Gasteiger partial charge is 0.230 e. The summed E-state index contributed by atoms with van der Waals surface area (Å²) in [5, 5.41) is 0. The fourth-order valence-electron chi connectivity index (χ4n) is 4.00. The largest absolute Gasteiger partial charge is 0.469 e. The summed E-state index contributed by atoms with van der Waals surface area (Å²) in [6, 6.07) is 11.8. The first-order valence-electron chi connectivity index (χ1n) is 9.48. The molecule has 1 atom stereocenters. The first-order valence-corrected chi connectivity index (χ1v) is 9.48. The maximum absolute atomic E-state index is 12.8. The monoisotopic (exact) mass is 372 g/mol. The van der Waals surface area contributed by atoms with Gasteiger partial charge in [0.1, 0.15) is 5.76 Å². The first kappa shape index (κ1) is 16.7. The van der Waals surface area contributed by atoms with E-state index in [9.17, 15) is 4.79 Å². The molecule has 0 unspecified atom stereocenters. The van der Waals surface area contributed by atoms with Crippen LogP contribution in [0.1, 0.15) is 30.3 Å². The number of fused-ring (bicyclic) bond motifs is 1. The van der Waals surface area contributed by atoms with E-state index >= 15 is 0 Å². The molecule has 140 valence electrons. The molecule has 4 aromatic rings. The van der Waals surface area contributed by atoms with Crippen LogP contribution in [0, 0.1) is 0 Å². The summed E-state index contributed by atoms with van der Waals surface area (Å²) in [4.78, 5) is 23.6. The molecule has 6 nitrogen and oxygen atoms in total. The van der Waals surface area contributed by atoms with Gasteiger partial charge in [-0.05, 0) is 42.7 Å². The van der Waals surface area contributed by atoms with E-state index in [1.807, 2.05) is 46.1 Å². The maximum atomic E-state index is 12.8. The van der Waals surface area contributed by atoms with Crippen molar-refractivity contribution in [1.82, 2.24) is 19.3 Å². The van der Waals surface area contributed by atoms with Crippen LogP contribution in [0.15, 0.2) is 72.0 Å². The van der Waals surface area contributed by atoms with Crippen LogP contribution in [0.3, 0.4) is 0 Å². The Morgan fingerprint density at radius 2 is 2.14 bits per heavy atom. The van der Waals surface area contributed by atoms with Gasteiger partial charge in [-0.3, -0.25) is 9.78 Å². The predicted octanol–water partition coefficient (Wildman–Crippen LogP) is 3.90. The highest BCUT2D eigenvalue weighted by Gasteiger charge is 2.32. The van der Waals surface area contributed by atoms with E-state index in [2.05, 4.69) is 28.3 Å². The summed E-state index contributed by atoms with van der Waals surface area (Å²) >= 11 is 0. The van der Waals surface area contributed by atoms with Crippen molar-refractivity contribution in [3.05, 3.63) is 79.0 Å². The Hall–Kier alpha value is -3.41. The molecule has 1 saturated heterocycles. The van der Waals surface area contributed by atoms with Gasteiger partial charge in [-0.1, -0.05) is 12.1 Å². The molecule has 0 bridgehead atoms. The van der Waals surface area contributed by atoms with Gasteiger partial charge < -0.3 is 13.7 Å². The Labute approximate surface area is 162 Å². The number of carbonyl (C=O) groups excluding carboxylic acids is 1. The zero-order valence-electron chi connectivity index (χ0n) is 15.4. The second-order valence-electron chi connectivity index (χ2n) is 7.08. The van der Waals surface area contributed by atoms with Crippen molar-refractivity contribution in [2.45, 2.75) is 25.3 Å². The van der Waals surface area contributed by atoms with Gasteiger partial charge in [0, 0.05) is 30.7 Å². The topological polar surface area (TPSA) is 63.6 Å². The molecule has 0 saturated carbocycles. The zero-order chi connectivity index (χ0) is 18.9. The van der Waals surface area contributed by atoms with Crippen molar-refractivity contribution in [2.75, 3.05) is 6.54 Å². The first-order chi connectivity index (χ1) is 13.8. The van der Waals surface area contributed by atoms with Gasteiger partial charge in [0.25, 0.3) is 0 Å². The molecule has 0 aliphatic carbocycles. The molecular weight excluding hydrogens is 352 g/mol. The Kier molecular flexibility index (Phi) is 4.16. The van der Waals surface area contributed by atoms with Crippen LogP contribution in [0.5, 0.6) is 0 Å². The molecule has 4 aromatic heterocycles. The summed E-state index contributed by atoms with van der Waals surface area (Å²) < 4.78 is 7.38. The van der Waals surface area contributed by atoms with Gasteiger partial charge >= 0.3 is 0 Å². The van der Waals surface area contributed by atoms with Crippen molar-refractivity contribution in [2.24, 2.45) is 0 Å². The Bertz CT molecular complexity index is 1100. The van der Waals surface area contributed by atoms with Gasteiger partial charge in [0.2, 0.25) is 5.91 Å². The second-order valence-corrected chi connectivity index (χ2v) is 7.08. The quantitative estimate of drug-likeness (QED) is 0.545. The van der Waals surface area contributed by atoms with Gasteiger partial charge in [-0.25, -0.2) is 4.98 Å². The van der Waals surface area contributed by atoms with E-state index in [1.165, 1.54) is 0 Å². The average Bonchev–Trinajstić information content (AvgIpc) is 3.48. The van der Waals surface area contributed by atoms with Crippen LogP contribution in [0.4, 0.5) is 0 Å². The number of likely N-dealkylation sites (tertiary alicyclic amines) is 1. The zero-order valence-corrected chi connectivity index (χ0v) is 15.4. The van der Waals surface area contributed by atoms with Crippen molar-refractivity contribution in [1.29, 1.82) is 0 Å². The SMILES string of the molecule is O=C(Cc1ccco1)N1CCC[C@@H]1c1ncn2cc(-c3cccnc3)ccc12. The Morgan fingerprint density at radius 1 is 1.18 bits per heavy atom. The third kappa shape index (κ3) is 2.97. The lowest BCUT2D eigenvalue weighted by Gasteiger charge is -2.23. The van der Waals surface area contributed by atoms with Crippen molar-refractivity contribution in [3.8, 4) is 11.1 Å². The van der Waals surface area contributed by atoms with E-state index in [0.717, 1.165) is 41.7 Å². The molecule has 1 amide bonds. The Balaban J connectivity index is 1.44. The molecule has 0 N–H and O–H groups in total. The molecule has 1 fully saturated rings. The number of aromatic nitrogens is 3. The van der Waals surface area contributed by atoms with E-state index in [1.54, 1.807) is 12.5 Å². The van der Waals surface area contributed by atoms with Crippen molar-refractivity contribution < 1.29 is 9.21 Å². The van der Waals surface area contributed by atoms with Crippen LogP contribution < -0.4 is 0 Å². The molecule has 5 heterocycles. The number of rotatable bonds is 4. The van der Waals surface area contributed by atoms with E-state index in [-0.39, 0.29) is 11.9 Å². The lowest BCUT2D eigenvalue weighted by molar-refractivity contribution is -0.131. The highest BCUT2D eigenvalue weighted by atomic mass is 16.3. The minimum absolute atomic E-state index is 0.0108. The highest BCUT2D eigenvalue weighted by Crippen LogP contribution is 2.34. The van der Waals surface area contributed by atoms with E-state index in [4.69, 9.17) is 4.42 Å². The van der Waals surface area contributed by atoms with Crippen LogP contribution in [-0.4, -0.2) is 31.7 Å². The number of pyridine rings is 2. The molecular formula is C22H20N4O2. The minimum atomic E-state index is 0.0108. The second kappa shape index (κ2) is 6.96. The van der Waals surface area contributed by atoms with E-state index in [0.29, 0.717) is 12.2 Å². The molecule has 0 aromatic carbocycles. The predicted molar refractivity (Wildman–Crippen MR) is 105 cm³/mol. The third-order valence-electron chi connectivity index (χ3n) is 5.35. The van der Waals surface area contributed by atoms with Gasteiger partial charge in [0.15, 0.2) is 0 Å². The number of imidazole rings is 1. The summed E-state index contributed by atoms with van der Waals surface area (Å²) in [5.41, 5.74) is 4.15. The molecule has 5 rings (SSSR count). The molecule has 6 heteroatoms. The molecule has 0 radical (unpaired) electrons. The number of amides is 1. The summed E-state index contributed by atoms with van der Waals surface area (Å²) in [5.74, 6) is 0.789. The lowest BCUT2D eigenvalue weighted by atomic mass is 10.1. The number of carbonyl (C=O) groups is 1. The summed E-state index contributed by atoms with van der Waals surface area (Å²) in [6.45, 7) is 0.761. The fraction of sp³-hybridized carbons (Fsp3) is 0.227. The standard InChI is InChI=1S/C22H20N4O2/c27-21(12-18-5-3-11-28-18)26-10-2-6-20(26)22-19-8-7-17(14-25(19)15-24-22)16-4-1-9-23-13-16/h1,3-5,7-9,11,13-15,20H,2,6,10,12H2/t20-/m1/s1. The summed E-state index contributed by atoms with van der Waals surface area (Å²) in [6.07, 6.45) is 11.3. The number of hydrogen-bond donors (Lipinski definition) is 0. The Morgan fingerprint density at radius 3 is 2.96 bits per heavy atom. The normalized spacial score (nSPS) is 16.7. The fourth-order valence-corrected chi connectivity index (χ4v) is 4.00. The van der Waals surface area contributed by atoms with E-state index < -0.39 is 0 Å². The molecule has 1 aliphatic heterocycles. The highest BCUT2D eigenvalue weighted by molar-refractivity contribution is 5.79.